The number of hydrogen-bond acceptors (Lipinski definition) is 4. The number of amides is 1. The smallest absolute Gasteiger partial charge is 0.266 e. The lowest BCUT2D eigenvalue weighted by Gasteiger charge is -2.47. The average Bonchev–Trinajstić information content (AvgIpc) is 2.69. The number of nitrogens with zero attached hydrogens (tertiary/aromatic N) is 1. The van der Waals surface area contributed by atoms with Crippen molar-refractivity contribution in [3.63, 3.8) is 0 Å². The van der Waals surface area contributed by atoms with Gasteiger partial charge in [0.05, 0.1) is 7.11 Å². The van der Waals surface area contributed by atoms with Gasteiger partial charge in [0.15, 0.2) is 0 Å². The zero-order valence-corrected chi connectivity index (χ0v) is 15.3. The van der Waals surface area contributed by atoms with Gasteiger partial charge in [-0.15, -0.1) is 0 Å². The van der Waals surface area contributed by atoms with E-state index in [1.165, 1.54) is 0 Å². The number of likely N-dealkylation sites (tertiary alicyclic amines) is 1. The minimum atomic E-state index is -0.531. The number of carbonyl (C=O) groups excluding carboxylic acids is 1. The van der Waals surface area contributed by atoms with Crippen LogP contribution in [0.5, 0.6) is 11.5 Å². The van der Waals surface area contributed by atoms with E-state index < -0.39 is 6.10 Å². The van der Waals surface area contributed by atoms with Crippen LogP contribution in [-0.2, 0) is 9.53 Å². The van der Waals surface area contributed by atoms with Gasteiger partial charge >= 0.3 is 0 Å². The molecule has 26 heavy (non-hydrogen) atoms. The molecule has 0 unspecified atom stereocenters. The number of benzene rings is 2. The molecule has 1 aliphatic rings. The highest BCUT2D eigenvalue weighted by molar-refractivity contribution is 5.89. The molecule has 2 atom stereocenters. The van der Waals surface area contributed by atoms with Gasteiger partial charge in [-0.3, -0.25) is 4.79 Å². The second-order valence-corrected chi connectivity index (χ2v) is 6.27. The first kappa shape index (κ1) is 18.3. The molecule has 138 valence electrons. The molecule has 0 saturated carbocycles. The fourth-order valence-electron chi connectivity index (χ4n) is 3.30. The Kier molecular flexibility index (Phi) is 6.12. The largest absolute Gasteiger partial charge is 0.496 e. The zero-order valence-electron chi connectivity index (χ0n) is 15.3. The normalized spacial score (nSPS) is 19.2. The van der Waals surface area contributed by atoms with E-state index in [1.54, 1.807) is 14.2 Å². The number of unbranched alkanes of at least 4 members (excludes halogenated alkanes) is 1. The average molecular weight is 355 g/mol. The van der Waals surface area contributed by atoms with Crippen LogP contribution in [0.3, 0.4) is 0 Å². The first-order valence-electron chi connectivity index (χ1n) is 8.90. The van der Waals surface area contributed by atoms with E-state index in [0.29, 0.717) is 18.9 Å². The van der Waals surface area contributed by atoms with Crippen LogP contribution >= 0.6 is 0 Å². The minimum Gasteiger partial charge on any atom is -0.496 e. The number of rotatable bonds is 9. The second kappa shape index (κ2) is 8.72. The lowest BCUT2D eigenvalue weighted by atomic mass is 9.89. The van der Waals surface area contributed by atoms with Gasteiger partial charge in [0.25, 0.3) is 5.91 Å². The third-order valence-electron chi connectivity index (χ3n) is 4.61. The van der Waals surface area contributed by atoms with E-state index in [-0.39, 0.29) is 11.9 Å². The van der Waals surface area contributed by atoms with Gasteiger partial charge in [-0.25, -0.2) is 0 Å². The molecular weight excluding hydrogens is 330 g/mol. The molecule has 0 spiro atoms. The Labute approximate surface area is 154 Å². The highest BCUT2D eigenvalue weighted by Gasteiger charge is 2.50. The summed E-state index contributed by atoms with van der Waals surface area (Å²) in [6.07, 6.45) is 1.28. The predicted molar refractivity (Wildman–Crippen MR) is 99.4 cm³/mol. The third-order valence-corrected chi connectivity index (χ3v) is 4.61. The number of β-lactam (4-membered cyclic amide) rings is 1. The standard InChI is InChI=1S/C21H25NO4/c1-24-15-9-8-14-22-19(17-12-6-7-13-18(17)25-2)20(21(22)23)26-16-10-4-3-5-11-16/h3-7,10-13,19-20H,8-9,14-15H2,1-2H3/t19-,20-/m0/s1. The van der Waals surface area contributed by atoms with Gasteiger partial charge in [0, 0.05) is 25.8 Å². The summed E-state index contributed by atoms with van der Waals surface area (Å²) >= 11 is 0. The van der Waals surface area contributed by atoms with E-state index in [2.05, 4.69) is 0 Å². The quantitative estimate of drug-likeness (QED) is 0.511. The Bertz CT molecular complexity index is 719. The van der Waals surface area contributed by atoms with Crippen LogP contribution in [0.15, 0.2) is 54.6 Å². The first-order chi connectivity index (χ1) is 12.8. The van der Waals surface area contributed by atoms with Crippen LogP contribution in [0.2, 0.25) is 0 Å². The van der Waals surface area contributed by atoms with E-state index in [4.69, 9.17) is 14.2 Å². The fourth-order valence-corrected chi connectivity index (χ4v) is 3.30. The van der Waals surface area contributed by atoms with Crippen LogP contribution in [0.25, 0.3) is 0 Å². The highest BCUT2D eigenvalue weighted by Crippen LogP contribution is 2.41. The molecule has 0 aromatic heterocycles. The van der Waals surface area contributed by atoms with Crippen molar-refractivity contribution < 1.29 is 19.0 Å². The number of methoxy groups -OCH3 is 2. The zero-order chi connectivity index (χ0) is 18.4. The molecule has 0 bridgehead atoms. The van der Waals surface area contributed by atoms with Gasteiger partial charge in [0.2, 0.25) is 6.10 Å². The van der Waals surface area contributed by atoms with Gasteiger partial charge in [-0.1, -0.05) is 36.4 Å². The van der Waals surface area contributed by atoms with Crippen molar-refractivity contribution in [2.75, 3.05) is 27.4 Å². The SMILES string of the molecule is COCCCCN1C(=O)[C@@H](Oc2ccccc2)[C@@H]1c1ccccc1OC. The summed E-state index contributed by atoms with van der Waals surface area (Å²) in [5.74, 6) is 1.49. The van der Waals surface area contributed by atoms with E-state index >= 15 is 0 Å². The molecule has 1 saturated heterocycles. The minimum absolute atomic E-state index is 0.0159. The Balaban J connectivity index is 1.80. The summed E-state index contributed by atoms with van der Waals surface area (Å²) < 4.78 is 16.6. The Morgan fingerprint density at radius 1 is 0.962 bits per heavy atom. The molecule has 1 amide bonds. The molecule has 1 aliphatic heterocycles. The Morgan fingerprint density at radius 2 is 1.69 bits per heavy atom. The van der Waals surface area contributed by atoms with Crippen LogP contribution in [0.1, 0.15) is 24.4 Å². The van der Waals surface area contributed by atoms with Crippen molar-refractivity contribution in [3.8, 4) is 11.5 Å². The molecule has 0 N–H and O–H groups in total. The van der Waals surface area contributed by atoms with Gasteiger partial charge in [0.1, 0.15) is 17.5 Å². The van der Waals surface area contributed by atoms with Crippen molar-refractivity contribution >= 4 is 5.91 Å². The van der Waals surface area contributed by atoms with Crippen molar-refractivity contribution in [1.29, 1.82) is 0 Å². The molecule has 0 aliphatic carbocycles. The molecule has 0 radical (unpaired) electrons. The first-order valence-corrected chi connectivity index (χ1v) is 8.90. The number of hydrogen-bond donors (Lipinski definition) is 0. The highest BCUT2D eigenvalue weighted by atomic mass is 16.5. The van der Waals surface area contributed by atoms with Crippen LogP contribution in [0.4, 0.5) is 0 Å². The van der Waals surface area contributed by atoms with Crippen LogP contribution < -0.4 is 9.47 Å². The predicted octanol–water partition coefficient (Wildman–Crippen LogP) is 3.45. The lowest BCUT2D eigenvalue weighted by Crippen LogP contribution is -2.61. The molecule has 1 fully saturated rings. The summed E-state index contributed by atoms with van der Waals surface area (Å²) in [6.45, 7) is 1.38. The summed E-state index contributed by atoms with van der Waals surface area (Å²) in [6, 6.07) is 17.1. The molecule has 2 aromatic carbocycles. The number of ether oxygens (including phenoxy) is 3. The van der Waals surface area contributed by atoms with Crippen molar-refractivity contribution in [2.45, 2.75) is 25.0 Å². The molecule has 3 rings (SSSR count). The van der Waals surface area contributed by atoms with Crippen LogP contribution in [-0.4, -0.2) is 44.3 Å². The molecule has 2 aromatic rings. The maximum absolute atomic E-state index is 12.7. The number of carbonyl (C=O) groups is 1. The number of para-hydroxylation sites is 2. The summed E-state index contributed by atoms with van der Waals surface area (Å²) in [4.78, 5) is 14.6. The van der Waals surface area contributed by atoms with E-state index in [0.717, 1.165) is 24.2 Å². The fraction of sp³-hybridized carbons (Fsp3) is 0.381. The lowest BCUT2D eigenvalue weighted by molar-refractivity contribution is -0.164. The van der Waals surface area contributed by atoms with Crippen molar-refractivity contribution in [3.05, 3.63) is 60.2 Å². The molecular formula is C21H25NO4. The van der Waals surface area contributed by atoms with E-state index in [9.17, 15) is 4.79 Å². The molecule has 5 nitrogen and oxygen atoms in total. The van der Waals surface area contributed by atoms with Crippen molar-refractivity contribution in [2.24, 2.45) is 0 Å². The van der Waals surface area contributed by atoms with Gasteiger partial charge < -0.3 is 19.1 Å². The van der Waals surface area contributed by atoms with Gasteiger partial charge in [-0.2, -0.15) is 0 Å². The summed E-state index contributed by atoms with van der Waals surface area (Å²) in [5, 5.41) is 0. The maximum Gasteiger partial charge on any atom is 0.266 e. The monoisotopic (exact) mass is 355 g/mol. The van der Waals surface area contributed by atoms with Crippen LogP contribution in [0, 0.1) is 0 Å². The molecule has 1 heterocycles. The Hall–Kier alpha value is -2.53. The van der Waals surface area contributed by atoms with Crippen molar-refractivity contribution in [1.82, 2.24) is 4.90 Å². The second-order valence-electron chi connectivity index (χ2n) is 6.27. The third kappa shape index (κ3) is 3.83. The summed E-state index contributed by atoms with van der Waals surface area (Å²) in [5.41, 5.74) is 0.974. The molecule has 5 heteroatoms. The Morgan fingerprint density at radius 3 is 2.42 bits per heavy atom. The van der Waals surface area contributed by atoms with Gasteiger partial charge in [-0.05, 0) is 31.0 Å². The van der Waals surface area contributed by atoms with E-state index in [1.807, 2.05) is 59.5 Å². The topological polar surface area (TPSA) is 48.0 Å². The maximum atomic E-state index is 12.7. The summed E-state index contributed by atoms with van der Waals surface area (Å²) in [7, 11) is 3.34.